The van der Waals surface area contributed by atoms with Gasteiger partial charge in [0.2, 0.25) is 0 Å². The Bertz CT molecular complexity index is 1060. The van der Waals surface area contributed by atoms with Crippen molar-refractivity contribution in [3.63, 3.8) is 0 Å². The third-order valence-corrected chi connectivity index (χ3v) is 5.39. The Morgan fingerprint density at radius 1 is 0.769 bits per heavy atom. The van der Waals surface area contributed by atoms with Crippen LogP contribution >= 0.6 is 0 Å². The van der Waals surface area contributed by atoms with Gasteiger partial charge in [0.25, 0.3) is 0 Å². The summed E-state index contributed by atoms with van der Waals surface area (Å²) in [7, 11) is 0. The normalized spacial score (nSPS) is 18.0. The van der Waals surface area contributed by atoms with Gasteiger partial charge in [-0.15, -0.1) is 0 Å². The average Bonchev–Trinajstić information content (AvgIpc) is 3.08. The standard InChI is InChI=1S/C25H18O/c26-25-22(18-9-5-2-6-10-18)13-14-23-21-12-11-19(15-20(21)16-24(23)25)17-7-3-1-4-8-17/h1-15,22H,16H2. The molecule has 0 aromatic heterocycles. The third-order valence-electron chi connectivity index (χ3n) is 5.39. The van der Waals surface area contributed by atoms with Crippen molar-refractivity contribution < 1.29 is 4.79 Å². The summed E-state index contributed by atoms with van der Waals surface area (Å²) < 4.78 is 0. The van der Waals surface area contributed by atoms with Crippen LogP contribution in [0.3, 0.4) is 0 Å². The molecule has 5 rings (SSSR count). The Labute approximate surface area is 153 Å². The molecule has 1 nitrogen and oxygen atoms in total. The van der Waals surface area contributed by atoms with E-state index < -0.39 is 0 Å². The lowest BCUT2D eigenvalue weighted by Crippen LogP contribution is -2.16. The number of carbonyl (C=O) groups is 1. The molecule has 0 fully saturated rings. The van der Waals surface area contributed by atoms with E-state index in [1.54, 1.807) is 0 Å². The molecule has 0 bridgehead atoms. The largest absolute Gasteiger partial charge is 0.293 e. The summed E-state index contributed by atoms with van der Waals surface area (Å²) in [5, 5.41) is 0. The molecule has 0 N–H and O–H groups in total. The number of carbonyl (C=O) groups excluding carboxylic acids is 1. The zero-order chi connectivity index (χ0) is 17.5. The molecule has 3 aromatic rings. The Morgan fingerprint density at radius 2 is 1.50 bits per heavy atom. The molecule has 1 atom stereocenters. The lowest BCUT2D eigenvalue weighted by Gasteiger charge is -2.18. The van der Waals surface area contributed by atoms with Gasteiger partial charge in [0.05, 0.1) is 5.92 Å². The fourth-order valence-electron chi connectivity index (χ4n) is 4.06. The monoisotopic (exact) mass is 334 g/mol. The molecule has 124 valence electrons. The summed E-state index contributed by atoms with van der Waals surface area (Å²) in [6, 6.07) is 27.0. The number of benzene rings is 3. The summed E-state index contributed by atoms with van der Waals surface area (Å²) in [6.07, 6.45) is 4.93. The highest BCUT2D eigenvalue weighted by atomic mass is 16.1. The van der Waals surface area contributed by atoms with E-state index in [0.29, 0.717) is 0 Å². The zero-order valence-electron chi connectivity index (χ0n) is 14.4. The van der Waals surface area contributed by atoms with Crippen LogP contribution in [0.25, 0.3) is 16.7 Å². The first-order valence-corrected chi connectivity index (χ1v) is 9.00. The second-order valence-corrected chi connectivity index (χ2v) is 6.92. The lowest BCUT2D eigenvalue weighted by atomic mass is 9.84. The van der Waals surface area contributed by atoms with Crippen LogP contribution in [0.15, 0.2) is 96.6 Å². The zero-order valence-corrected chi connectivity index (χ0v) is 14.4. The van der Waals surface area contributed by atoms with Gasteiger partial charge in [-0.05, 0) is 33.4 Å². The van der Waals surface area contributed by atoms with Crippen molar-refractivity contribution in [1.29, 1.82) is 0 Å². The molecule has 3 aromatic carbocycles. The predicted molar refractivity (Wildman–Crippen MR) is 106 cm³/mol. The minimum Gasteiger partial charge on any atom is -0.293 e. The van der Waals surface area contributed by atoms with Crippen LogP contribution in [-0.2, 0) is 11.2 Å². The summed E-state index contributed by atoms with van der Waals surface area (Å²) in [6.45, 7) is 0. The first kappa shape index (κ1) is 15.1. The Hall–Kier alpha value is -3.19. The molecule has 26 heavy (non-hydrogen) atoms. The molecule has 2 aliphatic carbocycles. The molecule has 0 saturated heterocycles. The summed E-state index contributed by atoms with van der Waals surface area (Å²) in [5.74, 6) is 0.0871. The maximum atomic E-state index is 13.1. The van der Waals surface area contributed by atoms with E-state index in [0.717, 1.165) is 23.1 Å². The quantitative estimate of drug-likeness (QED) is 0.597. The van der Waals surface area contributed by atoms with Crippen LogP contribution < -0.4 is 0 Å². The molecule has 0 radical (unpaired) electrons. The topological polar surface area (TPSA) is 17.1 Å². The lowest BCUT2D eigenvalue weighted by molar-refractivity contribution is -0.116. The van der Waals surface area contributed by atoms with Gasteiger partial charge in [0.1, 0.15) is 0 Å². The minimum absolute atomic E-state index is 0.155. The second kappa shape index (κ2) is 5.96. The van der Waals surface area contributed by atoms with Crippen molar-refractivity contribution in [3.05, 3.63) is 113 Å². The minimum atomic E-state index is -0.155. The molecule has 0 heterocycles. The van der Waals surface area contributed by atoms with E-state index in [1.807, 2.05) is 36.4 Å². The van der Waals surface area contributed by atoms with E-state index in [9.17, 15) is 4.79 Å². The Morgan fingerprint density at radius 3 is 2.27 bits per heavy atom. The van der Waals surface area contributed by atoms with Gasteiger partial charge >= 0.3 is 0 Å². The first-order valence-electron chi connectivity index (χ1n) is 9.00. The van der Waals surface area contributed by atoms with Crippen molar-refractivity contribution in [3.8, 4) is 11.1 Å². The number of ketones is 1. The van der Waals surface area contributed by atoms with Crippen LogP contribution in [0.5, 0.6) is 0 Å². The molecule has 1 heteroatoms. The number of fused-ring (bicyclic) bond motifs is 2. The number of rotatable bonds is 2. The van der Waals surface area contributed by atoms with E-state index in [4.69, 9.17) is 0 Å². The number of allylic oxidation sites excluding steroid dienone is 4. The van der Waals surface area contributed by atoms with Gasteiger partial charge in [0, 0.05) is 12.0 Å². The van der Waals surface area contributed by atoms with Gasteiger partial charge in [-0.25, -0.2) is 0 Å². The highest BCUT2D eigenvalue weighted by Gasteiger charge is 2.32. The summed E-state index contributed by atoms with van der Waals surface area (Å²) in [4.78, 5) is 13.1. The second-order valence-electron chi connectivity index (χ2n) is 6.92. The van der Waals surface area contributed by atoms with Crippen molar-refractivity contribution in [1.82, 2.24) is 0 Å². The number of hydrogen-bond donors (Lipinski definition) is 0. The van der Waals surface area contributed by atoms with Crippen LogP contribution in [0.1, 0.15) is 22.6 Å². The number of Topliss-reactive ketones (excluding diaryl/α,β-unsaturated/α-hetero) is 1. The fraction of sp³-hybridized carbons (Fsp3) is 0.0800. The molecule has 0 spiro atoms. The number of hydrogen-bond acceptors (Lipinski definition) is 1. The third kappa shape index (κ3) is 2.36. The smallest absolute Gasteiger partial charge is 0.171 e. The summed E-state index contributed by atoms with van der Waals surface area (Å²) in [5.41, 5.74) is 8.02. The Kier molecular flexibility index (Phi) is 3.46. The van der Waals surface area contributed by atoms with Crippen LogP contribution in [0.4, 0.5) is 0 Å². The first-order chi connectivity index (χ1) is 12.8. The van der Waals surface area contributed by atoms with Gasteiger partial charge in [-0.3, -0.25) is 4.79 Å². The van der Waals surface area contributed by atoms with E-state index in [1.165, 1.54) is 22.3 Å². The maximum Gasteiger partial charge on any atom is 0.171 e. The van der Waals surface area contributed by atoms with Crippen molar-refractivity contribution >= 4 is 11.4 Å². The van der Waals surface area contributed by atoms with Gasteiger partial charge in [-0.2, -0.15) is 0 Å². The van der Waals surface area contributed by atoms with Crippen LogP contribution in [0, 0.1) is 0 Å². The van der Waals surface area contributed by atoms with Gasteiger partial charge in [-0.1, -0.05) is 91.0 Å². The molecule has 0 aliphatic heterocycles. The SMILES string of the molecule is O=C1C2=C(C=CC1c1ccccc1)c1ccc(-c3ccccc3)cc1C2. The van der Waals surface area contributed by atoms with Crippen molar-refractivity contribution in [2.45, 2.75) is 12.3 Å². The van der Waals surface area contributed by atoms with E-state index in [-0.39, 0.29) is 11.7 Å². The van der Waals surface area contributed by atoms with E-state index >= 15 is 0 Å². The fourth-order valence-corrected chi connectivity index (χ4v) is 4.06. The van der Waals surface area contributed by atoms with Crippen LogP contribution in [0.2, 0.25) is 0 Å². The molecule has 2 aliphatic rings. The summed E-state index contributed by atoms with van der Waals surface area (Å²) >= 11 is 0. The van der Waals surface area contributed by atoms with Gasteiger partial charge < -0.3 is 0 Å². The average molecular weight is 334 g/mol. The molecule has 1 unspecified atom stereocenters. The molecular formula is C25H18O. The highest BCUT2D eigenvalue weighted by molar-refractivity contribution is 6.13. The highest BCUT2D eigenvalue weighted by Crippen LogP contribution is 2.41. The Balaban J connectivity index is 1.50. The molecular weight excluding hydrogens is 316 g/mol. The predicted octanol–water partition coefficient (Wildman–Crippen LogP) is 5.59. The van der Waals surface area contributed by atoms with E-state index in [2.05, 4.69) is 54.6 Å². The van der Waals surface area contributed by atoms with Crippen LogP contribution in [-0.4, -0.2) is 5.78 Å². The molecule has 0 saturated carbocycles. The molecule has 0 amide bonds. The maximum absolute atomic E-state index is 13.1. The van der Waals surface area contributed by atoms with Crippen molar-refractivity contribution in [2.24, 2.45) is 0 Å². The van der Waals surface area contributed by atoms with Crippen molar-refractivity contribution in [2.75, 3.05) is 0 Å². The van der Waals surface area contributed by atoms with Gasteiger partial charge in [0.15, 0.2) is 5.78 Å².